The van der Waals surface area contributed by atoms with Crippen molar-refractivity contribution in [3.63, 3.8) is 0 Å². The number of para-hydroxylation sites is 2. The van der Waals surface area contributed by atoms with E-state index in [0.717, 1.165) is 24.9 Å². The molecule has 0 aliphatic carbocycles. The number of phenols is 1. The standard InChI is InChI=1S/C24H31N3O5S/c1-18-7-5-6-12-27(18)33(30,31)23-17-19(10-11-22(23)32-2)24(29)26-15-13-25(14-16-26)20-8-3-4-9-21(20)28/h3-4,8-11,17-18,28H,5-7,12-16H2,1-2H3/t18-/m0/s1. The number of hydrogen-bond donors (Lipinski definition) is 1. The summed E-state index contributed by atoms with van der Waals surface area (Å²) in [4.78, 5) is 17.0. The van der Waals surface area contributed by atoms with Crippen LogP contribution in [-0.4, -0.2) is 74.5 Å². The molecule has 178 valence electrons. The Morgan fingerprint density at radius 1 is 1.03 bits per heavy atom. The predicted molar refractivity (Wildman–Crippen MR) is 126 cm³/mol. The van der Waals surface area contributed by atoms with Gasteiger partial charge in [-0.15, -0.1) is 0 Å². The van der Waals surface area contributed by atoms with Gasteiger partial charge in [0.1, 0.15) is 16.4 Å². The third kappa shape index (κ3) is 4.65. The van der Waals surface area contributed by atoms with Crippen molar-refractivity contribution in [2.75, 3.05) is 44.7 Å². The molecule has 1 N–H and O–H groups in total. The average molecular weight is 474 g/mol. The molecule has 0 unspecified atom stereocenters. The summed E-state index contributed by atoms with van der Waals surface area (Å²) in [5, 5.41) is 10.1. The molecule has 9 heteroatoms. The van der Waals surface area contributed by atoms with Crippen molar-refractivity contribution in [3.8, 4) is 11.5 Å². The van der Waals surface area contributed by atoms with Crippen LogP contribution in [-0.2, 0) is 10.0 Å². The number of hydrogen-bond acceptors (Lipinski definition) is 6. The largest absolute Gasteiger partial charge is 0.506 e. The van der Waals surface area contributed by atoms with Gasteiger partial charge in [-0.05, 0) is 50.1 Å². The first-order valence-corrected chi connectivity index (χ1v) is 12.8. The Kier molecular flexibility index (Phi) is 6.81. The number of sulfonamides is 1. The number of methoxy groups -OCH3 is 1. The van der Waals surface area contributed by atoms with E-state index < -0.39 is 10.0 Å². The topological polar surface area (TPSA) is 90.4 Å². The zero-order chi connectivity index (χ0) is 23.6. The summed E-state index contributed by atoms with van der Waals surface area (Å²) in [6, 6.07) is 11.7. The molecule has 2 saturated heterocycles. The number of amides is 1. The van der Waals surface area contributed by atoms with Gasteiger partial charge >= 0.3 is 0 Å². The maximum absolute atomic E-state index is 13.5. The van der Waals surface area contributed by atoms with Gasteiger partial charge in [-0.3, -0.25) is 4.79 Å². The van der Waals surface area contributed by atoms with Crippen LogP contribution in [0.5, 0.6) is 11.5 Å². The summed E-state index contributed by atoms with van der Waals surface area (Å²) >= 11 is 0. The first-order chi connectivity index (χ1) is 15.8. The molecule has 2 aromatic carbocycles. The fourth-order valence-corrected chi connectivity index (χ4v) is 6.51. The summed E-state index contributed by atoms with van der Waals surface area (Å²) in [5.74, 6) is 0.251. The molecule has 2 aromatic rings. The van der Waals surface area contributed by atoms with Crippen molar-refractivity contribution in [1.82, 2.24) is 9.21 Å². The molecule has 2 aliphatic rings. The third-order valence-corrected chi connectivity index (χ3v) is 8.56. The van der Waals surface area contributed by atoms with E-state index in [1.807, 2.05) is 24.0 Å². The van der Waals surface area contributed by atoms with Gasteiger partial charge in [-0.25, -0.2) is 8.42 Å². The summed E-state index contributed by atoms with van der Waals surface area (Å²) < 4.78 is 33.8. The molecule has 1 atom stereocenters. The average Bonchev–Trinajstić information content (AvgIpc) is 2.84. The second-order valence-electron chi connectivity index (χ2n) is 8.59. The molecule has 0 spiro atoms. The molecule has 4 rings (SSSR count). The van der Waals surface area contributed by atoms with E-state index in [2.05, 4.69) is 0 Å². The molecule has 0 radical (unpaired) electrons. The highest BCUT2D eigenvalue weighted by Crippen LogP contribution is 2.32. The van der Waals surface area contributed by atoms with Crippen LogP contribution in [0.4, 0.5) is 5.69 Å². The first kappa shape index (κ1) is 23.4. The van der Waals surface area contributed by atoms with E-state index >= 15 is 0 Å². The lowest BCUT2D eigenvalue weighted by atomic mass is 10.1. The van der Waals surface area contributed by atoms with Crippen molar-refractivity contribution in [2.24, 2.45) is 0 Å². The van der Waals surface area contributed by atoms with Crippen LogP contribution < -0.4 is 9.64 Å². The zero-order valence-electron chi connectivity index (χ0n) is 19.1. The fraction of sp³-hybridized carbons (Fsp3) is 0.458. The van der Waals surface area contributed by atoms with Crippen molar-refractivity contribution in [3.05, 3.63) is 48.0 Å². The molecular weight excluding hydrogens is 442 g/mol. The molecule has 0 saturated carbocycles. The number of anilines is 1. The minimum Gasteiger partial charge on any atom is -0.506 e. The number of nitrogens with zero attached hydrogens (tertiary/aromatic N) is 3. The van der Waals surface area contributed by atoms with E-state index in [0.29, 0.717) is 38.3 Å². The Morgan fingerprint density at radius 2 is 1.76 bits per heavy atom. The van der Waals surface area contributed by atoms with Crippen LogP contribution in [0.15, 0.2) is 47.4 Å². The molecule has 0 bridgehead atoms. The van der Waals surface area contributed by atoms with Gasteiger partial charge in [0, 0.05) is 44.3 Å². The number of carbonyl (C=O) groups excluding carboxylic acids is 1. The van der Waals surface area contributed by atoms with E-state index in [1.165, 1.54) is 17.5 Å². The van der Waals surface area contributed by atoms with Crippen LogP contribution >= 0.6 is 0 Å². The van der Waals surface area contributed by atoms with E-state index in [4.69, 9.17) is 4.74 Å². The lowest BCUT2D eigenvalue weighted by molar-refractivity contribution is 0.0746. The lowest BCUT2D eigenvalue weighted by Crippen LogP contribution is -2.48. The SMILES string of the molecule is COc1ccc(C(=O)N2CCN(c3ccccc3O)CC2)cc1S(=O)(=O)N1CCCC[C@@H]1C. The highest BCUT2D eigenvalue weighted by atomic mass is 32.2. The van der Waals surface area contributed by atoms with Gasteiger partial charge in [0.05, 0.1) is 12.8 Å². The van der Waals surface area contributed by atoms with Crippen LogP contribution in [0.2, 0.25) is 0 Å². The first-order valence-electron chi connectivity index (χ1n) is 11.3. The van der Waals surface area contributed by atoms with Gasteiger partial charge < -0.3 is 19.6 Å². The highest BCUT2D eigenvalue weighted by Gasteiger charge is 2.34. The Hall–Kier alpha value is -2.78. The summed E-state index contributed by atoms with van der Waals surface area (Å²) in [5.41, 5.74) is 1.08. The Labute approximate surface area is 195 Å². The molecule has 2 fully saturated rings. The van der Waals surface area contributed by atoms with Crippen molar-refractivity contribution >= 4 is 21.6 Å². The van der Waals surface area contributed by atoms with Gasteiger partial charge in [0.2, 0.25) is 10.0 Å². The van der Waals surface area contributed by atoms with Crippen LogP contribution in [0.1, 0.15) is 36.5 Å². The van der Waals surface area contributed by atoms with Gasteiger partial charge in [-0.2, -0.15) is 4.31 Å². The monoisotopic (exact) mass is 473 g/mol. The number of benzene rings is 2. The molecule has 0 aromatic heterocycles. The van der Waals surface area contributed by atoms with Crippen LogP contribution in [0.25, 0.3) is 0 Å². The molecule has 33 heavy (non-hydrogen) atoms. The Balaban J connectivity index is 1.54. The maximum Gasteiger partial charge on any atom is 0.254 e. The number of rotatable bonds is 5. The summed E-state index contributed by atoms with van der Waals surface area (Å²) in [7, 11) is -2.35. The van der Waals surface area contributed by atoms with Crippen molar-refractivity contribution in [1.29, 1.82) is 0 Å². The summed E-state index contributed by atoms with van der Waals surface area (Å²) in [6.07, 6.45) is 2.66. The van der Waals surface area contributed by atoms with Crippen LogP contribution in [0, 0.1) is 0 Å². The second kappa shape index (κ2) is 9.61. The van der Waals surface area contributed by atoms with E-state index in [9.17, 15) is 18.3 Å². The fourth-order valence-electron chi connectivity index (χ4n) is 4.63. The Morgan fingerprint density at radius 3 is 2.42 bits per heavy atom. The van der Waals surface area contributed by atoms with Crippen molar-refractivity contribution < 1.29 is 23.1 Å². The lowest BCUT2D eigenvalue weighted by Gasteiger charge is -2.36. The molecule has 8 nitrogen and oxygen atoms in total. The van der Waals surface area contributed by atoms with Crippen molar-refractivity contribution in [2.45, 2.75) is 37.1 Å². The van der Waals surface area contributed by atoms with Gasteiger partial charge in [0.25, 0.3) is 5.91 Å². The van der Waals surface area contributed by atoms with E-state index in [1.54, 1.807) is 29.2 Å². The number of piperazine rings is 1. The Bertz CT molecular complexity index is 1110. The van der Waals surface area contributed by atoms with Gasteiger partial charge in [0.15, 0.2) is 0 Å². The predicted octanol–water partition coefficient (Wildman–Crippen LogP) is 2.93. The smallest absolute Gasteiger partial charge is 0.254 e. The number of ether oxygens (including phenoxy) is 1. The minimum absolute atomic E-state index is 0.0393. The number of aromatic hydroxyl groups is 1. The number of carbonyl (C=O) groups is 1. The third-order valence-electron chi connectivity index (χ3n) is 6.53. The molecule has 1 amide bonds. The molecule has 2 aliphatic heterocycles. The maximum atomic E-state index is 13.5. The normalized spacial score (nSPS) is 20.0. The second-order valence-corrected chi connectivity index (χ2v) is 10.5. The van der Waals surface area contributed by atoms with Crippen LogP contribution in [0.3, 0.4) is 0 Å². The highest BCUT2D eigenvalue weighted by molar-refractivity contribution is 7.89. The quantitative estimate of drug-likeness (QED) is 0.718. The number of phenolic OH excluding ortho intramolecular Hbond substituents is 1. The van der Waals surface area contributed by atoms with Gasteiger partial charge in [-0.1, -0.05) is 18.6 Å². The number of piperidine rings is 1. The molecular formula is C24H31N3O5S. The molecule has 2 heterocycles. The minimum atomic E-state index is -3.79. The van der Waals surface area contributed by atoms with E-state index in [-0.39, 0.29) is 28.3 Å². The summed E-state index contributed by atoms with van der Waals surface area (Å²) in [6.45, 7) is 4.50. The zero-order valence-corrected chi connectivity index (χ0v) is 19.9.